The molecule has 1 unspecified atom stereocenters. The van der Waals surface area contributed by atoms with E-state index in [-0.39, 0.29) is 0 Å². The summed E-state index contributed by atoms with van der Waals surface area (Å²) in [5.41, 5.74) is 13.2. The Hall–Kier alpha value is -4.02. The smallest absolute Gasteiger partial charge is 0.0804 e. The molecule has 0 amide bonds. The first-order chi connectivity index (χ1) is 17.8. The van der Waals surface area contributed by atoms with Crippen molar-refractivity contribution in [1.29, 1.82) is 0 Å². The molecule has 1 atom stereocenters. The molecule has 4 heteroatoms. The van der Waals surface area contributed by atoms with Gasteiger partial charge in [0.05, 0.1) is 16.6 Å². The summed E-state index contributed by atoms with van der Waals surface area (Å²) >= 11 is 0. The van der Waals surface area contributed by atoms with Crippen molar-refractivity contribution < 1.29 is 0 Å². The highest BCUT2D eigenvalue weighted by Gasteiger charge is 2.42. The van der Waals surface area contributed by atoms with Crippen LogP contribution in [0.2, 0.25) is 0 Å². The van der Waals surface area contributed by atoms with Crippen LogP contribution in [0.5, 0.6) is 0 Å². The SMILES string of the molecule is NN1C2=CC=CCC2C2=C1CCc1c2c2c(c3ccccc3n2-c2ccccc2)n1C1=CCCC=C1. The van der Waals surface area contributed by atoms with E-state index in [1.54, 1.807) is 0 Å². The molecule has 0 bridgehead atoms. The lowest BCUT2D eigenvalue weighted by Gasteiger charge is -2.23. The molecule has 0 spiro atoms. The van der Waals surface area contributed by atoms with Gasteiger partial charge < -0.3 is 9.13 Å². The van der Waals surface area contributed by atoms with E-state index < -0.39 is 0 Å². The Labute approximate surface area is 210 Å². The second-order valence-electron chi connectivity index (χ2n) is 10.2. The van der Waals surface area contributed by atoms with Gasteiger partial charge in [-0.2, -0.15) is 0 Å². The molecule has 0 fully saturated rings. The van der Waals surface area contributed by atoms with Crippen molar-refractivity contribution in [3.63, 3.8) is 0 Å². The van der Waals surface area contributed by atoms with E-state index in [9.17, 15) is 0 Å². The molecule has 8 rings (SSSR count). The summed E-state index contributed by atoms with van der Waals surface area (Å²) in [6.07, 6.45) is 18.9. The van der Waals surface area contributed by atoms with Crippen molar-refractivity contribution in [1.82, 2.24) is 14.1 Å². The van der Waals surface area contributed by atoms with E-state index >= 15 is 0 Å². The molecule has 3 aliphatic carbocycles. The lowest BCUT2D eigenvalue weighted by atomic mass is 9.83. The number of hydrazine groups is 1. The summed E-state index contributed by atoms with van der Waals surface area (Å²) < 4.78 is 5.07. The van der Waals surface area contributed by atoms with Gasteiger partial charge in [-0.25, -0.2) is 5.84 Å². The van der Waals surface area contributed by atoms with Crippen LogP contribution in [0.1, 0.15) is 36.9 Å². The number of hydrogen-bond acceptors (Lipinski definition) is 2. The highest BCUT2D eigenvalue weighted by atomic mass is 15.4. The van der Waals surface area contributed by atoms with Crippen LogP contribution >= 0.6 is 0 Å². The average Bonchev–Trinajstić information content (AvgIpc) is 3.55. The lowest BCUT2D eigenvalue weighted by Crippen LogP contribution is -2.28. The van der Waals surface area contributed by atoms with Crippen LogP contribution in [-0.2, 0) is 6.42 Å². The summed E-state index contributed by atoms with van der Waals surface area (Å²) in [6, 6.07) is 19.7. The number of allylic oxidation sites excluding steroid dienone is 9. The first-order valence-corrected chi connectivity index (χ1v) is 13.1. The minimum Gasteiger partial charge on any atom is -0.311 e. The maximum Gasteiger partial charge on any atom is 0.0804 e. The summed E-state index contributed by atoms with van der Waals surface area (Å²) in [7, 11) is 0. The molecule has 0 saturated carbocycles. The van der Waals surface area contributed by atoms with Crippen LogP contribution in [0, 0.1) is 5.92 Å². The monoisotopic (exact) mass is 468 g/mol. The molecule has 1 aliphatic heterocycles. The van der Waals surface area contributed by atoms with E-state index in [1.807, 2.05) is 5.01 Å². The van der Waals surface area contributed by atoms with Gasteiger partial charge in [-0.15, -0.1) is 0 Å². The first-order valence-electron chi connectivity index (χ1n) is 13.1. The summed E-state index contributed by atoms with van der Waals surface area (Å²) in [4.78, 5) is 0. The van der Waals surface area contributed by atoms with Gasteiger partial charge in [-0.1, -0.05) is 60.7 Å². The van der Waals surface area contributed by atoms with Crippen LogP contribution in [0.3, 0.4) is 0 Å². The highest BCUT2D eigenvalue weighted by molar-refractivity contribution is 6.14. The van der Waals surface area contributed by atoms with Crippen LogP contribution < -0.4 is 5.84 Å². The molecular formula is C32H28N4. The molecule has 0 radical (unpaired) electrons. The fourth-order valence-corrected chi connectivity index (χ4v) is 6.91. The Kier molecular flexibility index (Phi) is 4.20. The van der Waals surface area contributed by atoms with Gasteiger partial charge in [0, 0.05) is 45.3 Å². The number of para-hydroxylation sites is 2. The van der Waals surface area contributed by atoms with E-state index in [1.165, 1.54) is 61.5 Å². The third kappa shape index (κ3) is 2.57. The molecule has 3 heterocycles. The third-order valence-electron chi connectivity index (χ3n) is 8.34. The predicted molar refractivity (Wildman–Crippen MR) is 148 cm³/mol. The van der Waals surface area contributed by atoms with Gasteiger partial charge in [0.2, 0.25) is 0 Å². The Morgan fingerprint density at radius 1 is 0.833 bits per heavy atom. The summed E-state index contributed by atoms with van der Waals surface area (Å²) in [5, 5.41) is 3.29. The molecule has 0 saturated heterocycles. The topological polar surface area (TPSA) is 39.1 Å². The number of nitrogens with zero attached hydrogens (tertiary/aromatic N) is 3. The predicted octanol–water partition coefficient (Wildman–Crippen LogP) is 7.08. The fourth-order valence-electron chi connectivity index (χ4n) is 6.91. The van der Waals surface area contributed by atoms with Gasteiger partial charge in [0.25, 0.3) is 0 Å². The number of rotatable bonds is 2. The van der Waals surface area contributed by atoms with Gasteiger partial charge in [0.1, 0.15) is 0 Å². The van der Waals surface area contributed by atoms with Crippen molar-refractivity contribution in [3.8, 4) is 5.69 Å². The maximum absolute atomic E-state index is 6.76. The largest absolute Gasteiger partial charge is 0.311 e. The van der Waals surface area contributed by atoms with Crippen molar-refractivity contribution in [2.24, 2.45) is 11.8 Å². The molecule has 2 aromatic carbocycles. The molecule has 2 aromatic heterocycles. The molecule has 176 valence electrons. The Morgan fingerprint density at radius 2 is 1.69 bits per heavy atom. The second-order valence-corrected chi connectivity index (χ2v) is 10.2. The zero-order chi connectivity index (χ0) is 23.8. The number of nitrogens with two attached hydrogens (primary N) is 1. The third-order valence-corrected chi connectivity index (χ3v) is 8.34. The quantitative estimate of drug-likeness (QED) is 0.319. The number of aromatic nitrogens is 2. The van der Waals surface area contributed by atoms with Crippen LogP contribution in [0.4, 0.5) is 0 Å². The van der Waals surface area contributed by atoms with Crippen LogP contribution in [-0.4, -0.2) is 14.1 Å². The second kappa shape index (κ2) is 7.49. The molecular weight excluding hydrogens is 440 g/mol. The van der Waals surface area contributed by atoms with Gasteiger partial charge in [-0.05, 0) is 68.0 Å². The molecule has 4 aliphatic rings. The van der Waals surface area contributed by atoms with Crippen molar-refractivity contribution in [2.45, 2.75) is 32.1 Å². The van der Waals surface area contributed by atoms with E-state index in [2.05, 4.69) is 100 Å². The van der Waals surface area contributed by atoms with E-state index in [4.69, 9.17) is 5.84 Å². The molecule has 36 heavy (non-hydrogen) atoms. The Balaban J connectivity index is 1.56. The lowest BCUT2D eigenvalue weighted by molar-refractivity contribution is 0.425. The first kappa shape index (κ1) is 20.2. The standard InChI is InChI=1S/C32H28N4/c33-36-26-18-10-7-15-23(26)29-28(36)20-19-27-30(29)32-31(35(27)22-13-5-2-6-14-22)24-16-8-9-17-25(24)34(32)21-11-3-1-4-12-21/h1,3-5,7-14,16-18,23H,2,6,15,19-20,33H2. The van der Waals surface area contributed by atoms with E-state index in [0.717, 1.165) is 32.1 Å². The zero-order valence-corrected chi connectivity index (χ0v) is 20.2. The van der Waals surface area contributed by atoms with Crippen molar-refractivity contribution in [2.75, 3.05) is 0 Å². The number of hydrogen-bond donors (Lipinski definition) is 1. The Bertz CT molecular complexity index is 1720. The maximum atomic E-state index is 6.76. The molecule has 4 nitrogen and oxygen atoms in total. The van der Waals surface area contributed by atoms with Gasteiger partial charge in [-0.3, -0.25) is 5.01 Å². The van der Waals surface area contributed by atoms with Crippen molar-refractivity contribution in [3.05, 3.63) is 114 Å². The minimum atomic E-state index is 0.311. The number of benzene rings is 2. The molecule has 4 aromatic rings. The van der Waals surface area contributed by atoms with Crippen molar-refractivity contribution >= 4 is 33.2 Å². The van der Waals surface area contributed by atoms with Crippen LogP contribution in [0.25, 0.3) is 38.9 Å². The molecule has 2 N–H and O–H groups in total. The zero-order valence-electron chi connectivity index (χ0n) is 20.2. The van der Waals surface area contributed by atoms with E-state index in [0.29, 0.717) is 5.92 Å². The van der Waals surface area contributed by atoms with Gasteiger partial charge >= 0.3 is 0 Å². The van der Waals surface area contributed by atoms with Crippen LogP contribution in [0.15, 0.2) is 102 Å². The fraction of sp³-hybridized carbons (Fsp3) is 0.188. The normalized spacial score (nSPS) is 20.6. The average molecular weight is 469 g/mol. The number of fused-ring (bicyclic) bond motifs is 8. The van der Waals surface area contributed by atoms with Gasteiger partial charge in [0.15, 0.2) is 0 Å². The highest BCUT2D eigenvalue weighted by Crippen LogP contribution is 2.53. The summed E-state index contributed by atoms with van der Waals surface area (Å²) in [5.74, 6) is 7.07. The summed E-state index contributed by atoms with van der Waals surface area (Å²) in [6.45, 7) is 0. The Morgan fingerprint density at radius 3 is 2.56 bits per heavy atom. The minimum absolute atomic E-state index is 0.311.